The van der Waals surface area contributed by atoms with Crippen LogP contribution in [0.5, 0.6) is 0 Å². The standard InChI is InChI=1S/C15H15N3O2S/c16-11-5-3-9-17-15(11)21(20)13-8-7-10-4-1-2-6-12(10)18-14(13)19/h1-6,9,13H,7-8,16H2,(H,18,19). The molecule has 0 saturated heterocycles. The Morgan fingerprint density at radius 2 is 2.05 bits per heavy atom. The second-order valence-electron chi connectivity index (χ2n) is 4.87. The van der Waals surface area contributed by atoms with Crippen molar-refractivity contribution < 1.29 is 9.00 Å². The van der Waals surface area contributed by atoms with E-state index in [4.69, 9.17) is 5.73 Å². The van der Waals surface area contributed by atoms with Gasteiger partial charge in [0.05, 0.1) is 16.5 Å². The fourth-order valence-corrected chi connectivity index (χ4v) is 3.72. The molecule has 3 N–H and O–H groups in total. The number of benzene rings is 1. The van der Waals surface area contributed by atoms with Gasteiger partial charge in [-0.15, -0.1) is 0 Å². The molecule has 2 unspecified atom stereocenters. The lowest BCUT2D eigenvalue weighted by atomic mass is 10.1. The van der Waals surface area contributed by atoms with Crippen LogP contribution in [0.1, 0.15) is 12.0 Å². The quantitative estimate of drug-likeness (QED) is 0.884. The highest BCUT2D eigenvalue weighted by molar-refractivity contribution is 7.86. The van der Waals surface area contributed by atoms with Crippen molar-refractivity contribution in [1.82, 2.24) is 4.98 Å². The monoisotopic (exact) mass is 301 g/mol. The number of carbonyl (C=O) groups excluding carboxylic acids is 1. The van der Waals surface area contributed by atoms with Gasteiger partial charge >= 0.3 is 0 Å². The number of nitrogens with zero attached hydrogens (tertiary/aromatic N) is 1. The predicted molar refractivity (Wildman–Crippen MR) is 82.2 cm³/mol. The molecular weight excluding hydrogens is 286 g/mol. The molecule has 1 aromatic carbocycles. The molecule has 0 saturated carbocycles. The number of nitrogen functional groups attached to an aromatic ring is 1. The highest BCUT2D eigenvalue weighted by atomic mass is 32.2. The lowest BCUT2D eigenvalue weighted by Gasteiger charge is -2.13. The number of para-hydroxylation sites is 1. The van der Waals surface area contributed by atoms with Gasteiger partial charge in [-0.25, -0.2) is 4.98 Å². The SMILES string of the molecule is Nc1cccnc1S(=O)C1CCc2ccccc2NC1=O. The van der Waals surface area contributed by atoms with Gasteiger partial charge in [0.25, 0.3) is 0 Å². The van der Waals surface area contributed by atoms with Crippen molar-refractivity contribution in [2.45, 2.75) is 23.1 Å². The Labute approximate surface area is 125 Å². The molecule has 1 amide bonds. The van der Waals surface area contributed by atoms with Crippen LogP contribution in [0.3, 0.4) is 0 Å². The molecule has 5 nitrogen and oxygen atoms in total. The number of rotatable bonds is 2. The molecule has 0 bridgehead atoms. The van der Waals surface area contributed by atoms with Crippen LogP contribution < -0.4 is 11.1 Å². The third-order valence-corrected chi connectivity index (χ3v) is 5.18. The summed E-state index contributed by atoms with van der Waals surface area (Å²) in [4.78, 5) is 16.4. The van der Waals surface area contributed by atoms with Gasteiger partial charge < -0.3 is 11.1 Å². The van der Waals surface area contributed by atoms with Crippen molar-refractivity contribution in [2.24, 2.45) is 0 Å². The van der Waals surface area contributed by atoms with E-state index in [9.17, 15) is 9.00 Å². The predicted octanol–water partition coefficient (Wildman–Crippen LogP) is 1.72. The zero-order valence-electron chi connectivity index (χ0n) is 11.3. The van der Waals surface area contributed by atoms with Gasteiger partial charge in [0.15, 0.2) is 5.03 Å². The van der Waals surface area contributed by atoms with Crippen LogP contribution in [-0.2, 0) is 22.0 Å². The Bertz CT molecular complexity index is 718. The Kier molecular flexibility index (Phi) is 3.70. The van der Waals surface area contributed by atoms with Gasteiger partial charge in [0.1, 0.15) is 5.25 Å². The first kappa shape index (κ1) is 13.8. The molecule has 0 aliphatic carbocycles. The van der Waals surface area contributed by atoms with E-state index in [1.165, 1.54) is 6.20 Å². The van der Waals surface area contributed by atoms with Gasteiger partial charge in [-0.2, -0.15) is 0 Å². The molecule has 0 spiro atoms. The first-order valence-corrected chi connectivity index (χ1v) is 7.88. The molecular formula is C15H15N3O2S. The van der Waals surface area contributed by atoms with Gasteiger partial charge in [0, 0.05) is 11.9 Å². The van der Waals surface area contributed by atoms with E-state index in [1.54, 1.807) is 12.1 Å². The minimum Gasteiger partial charge on any atom is -0.396 e. The number of aryl methyl sites for hydroxylation is 1. The molecule has 1 aliphatic rings. The van der Waals surface area contributed by atoms with Crippen LogP contribution in [0.25, 0.3) is 0 Å². The van der Waals surface area contributed by atoms with Gasteiger partial charge in [-0.3, -0.25) is 9.00 Å². The highest BCUT2D eigenvalue weighted by Crippen LogP contribution is 2.26. The summed E-state index contributed by atoms with van der Waals surface area (Å²) in [5.41, 5.74) is 8.00. The maximum atomic E-state index is 12.6. The number of nitrogens with one attached hydrogen (secondary N) is 1. The number of aromatic nitrogens is 1. The van der Waals surface area contributed by atoms with Gasteiger partial charge in [-0.1, -0.05) is 18.2 Å². The number of hydrogen-bond donors (Lipinski definition) is 2. The molecule has 2 atom stereocenters. The zero-order chi connectivity index (χ0) is 14.8. The topological polar surface area (TPSA) is 85.1 Å². The van der Waals surface area contributed by atoms with Gasteiger partial charge in [-0.05, 0) is 36.6 Å². The summed E-state index contributed by atoms with van der Waals surface area (Å²) in [6, 6.07) is 10.9. The smallest absolute Gasteiger partial charge is 0.240 e. The number of nitrogens with two attached hydrogens (primary N) is 1. The Morgan fingerprint density at radius 3 is 2.86 bits per heavy atom. The summed E-state index contributed by atoms with van der Waals surface area (Å²) in [6.07, 6.45) is 2.73. The maximum Gasteiger partial charge on any atom is 0.240 e. The van der Waals surface area contributed by atoms with E-state index >= 15 is 0 Å². The Hall–Kier alpha value is -2.21. The maximum absolute atomic E-state index is 12.6. The number of amides is 1. The molecule has 3 rings (SSSR count). The molecule has 21 heavy (non-hydrogen) atoms. The number of carbonyl (C=O) groups is 1. The summed E-state index contributed by atoms with van der Waals surface area (Å²) in [5.74, 6) is -0.247. The van der Waals surface area contributed by atoms with Crippen molar-refractivity contribution in [3.8, 4) is 0 Å². The van der Waals surface area contributed by atoms with Crippen LogP contribution >= 0.6 is 0 Å². The lowest BCUT2D eigenvalue weighted by Crippen LogP contribution is -2.31. The molecule has 108 valence electrons. The fourth-order valence-electron chi connectivity index (χ4n) is 2.40. The minimum absolute atomic E-state index is 0.247. The second-order valence-corrected chi connectivity index (χ2v) is 6.42. The second kappa shape index (κ2) is 5.65. The van der Waals surface area contributed by atoms with E-state index in [0.717, 1.165) is 11.3 Å². The van der Waals surface area contributed by atoms with E-state index in [0.29, 0.717) is 18.5 Å². The normalized spacial score (nSPS) is 19.2. The van der Waals surface area contributed by atoms with Crippen LogP contribution in [0.4, 0.5) is 11.4 Å². The Balaban J connectivity index is 1.89. The average Bonchev–Trinajstić information content (AvgIpc) is 2.65. The lowest BCUT2D eigenvalue weighted by molar-refractivity contribution is -0.115. The highest BCUT2D eigenvalue weighted by Gasteiger charge is 2.31. The fraction of sp³-hybridized carbons (Fsp3) is 0.200. The largest absolute Gasteiger partial charge is 0.396 e. The average molecular weight is 301 g/mol. The summed E-state index contributed by atoms with van der Waals surface area (Å²) in [7, 11) is -1.56. The van der Waals surface area contributed by atoms with E-state index in [-0.39, 0.29) is 10.9 Å². The summed E-state index contributed by atoms with van der Waals surface area (Å²) in [5, 5.41) is 2.48. The third kappa shape index (κ3) is 2.67. The first-order valence-electron chi connectivity index (χ1n) is 6.66. The molecule has 2 aromatic rings. The molecule has 2 heterocycles. The van der Waals surface area contributed by atoms with E-state index < -0.39 is 16.0 Å². The van der Waals surface area contributed by atoms with E-state index in [1.807, 2.05) is 24.3 Å². The van der Waals surface area contributed by atoms with E-state index in [2.05, 4.69) is 10.3 Å². The molecule has 6 heteroatoms. The number of fused-ring (bicyclic) bond motifs is 1. The van der Waals surface area contributed by atoms with Crippen molar-refractivity contribution in [2.75, 3.05) is 11.1 Å². The molecule has 0 radical (unpaired) electrons. The third-order valence-electron chi connectivity index (χ3n) is 3.49. The van der Waals surface area contributed by atoms with Crippen LogP contribution in [0, 0.1) is 0 Å². The van der Waals surface area contributed by atoms with Crippen molar-refractivity contribution in [3.63, 3.8) is 0 Å². The molecule has 1 aliphatic heterocycles. The first-order chi connectivity index (χ1) is 10.2. The zero-order valence-corrected chi connectivity index (χ0v) is 12.1. The number of pyridine rings is 1. The summed E-state index contributed by atoms with van der Waals surface area (Å²) < 4.78 is 12.6. The van der Waals surface area contributed by atoms with Crippen molar-refractivity contribution in [1.29, 1.82) is 0 Å². The summed E-state index contributed by atoms with van der Waals surface area (Å²) in [6.45, 7) is 0. The minimum atomic E-state index is -1.56. The van der Waals surface area contributed by atoms with Crippen molar-refractivity contribution in [3.05, 3.63) is 48.2 Å². The molecule has 0 fully saturated rings. The van der Waals surface area contributed by atoms with Crippen molar-refractivity contribution >= 4 is 28.1 Å². The van der Waals surface area contributed by atoms with Crippen LogP contribution in [0.2, 0.25) is 0 Å². The van der Waals surface area contributed by atoms with Crippen LogP contribution in [0.15, 0.2) is 47.6 Å². The Morgan fingerprint density at radius 1 is 1.24 bits per heavy atom. The van der Waals surface area contributed by atoms with Gasteiger partial charge in [0.2, 0.25) is 5.91 Å². The number of anilines is 2. The molecule has 1 aromatic heterocycles. The summed E-state index contributed by atoms with van der Waals surface area (Å²) >= 11 is 0. The van der Waals surface area contributed by atoms with Crippen LogP contribution in [-0.4, -0.2) is 20.3 Å². The number of hydrogen-bond acceptors (Lipinski definition) is 4.